The summed E-state index contributed by atoms with van der Waals surface area (Å²) in [5.41, 5.74) is -0.252. The van der Waals surface area contributed by atoms with Gasteiger partial charge in [-0.2, -0.15) is 13.2 Å². The maximum Gasteiger partial charge on any atom is 0.418 e. The van der Waals surface area contributed by atoms with Gasteiger partial charge in [-0.1, -0.05) is 12.1 Å². The molecule has 0 aliphatic carbocycles. The van der Waals surface area contributed by atoms with E-state index in [0.29, 0.717) is 0 Å². The SMILES string of the molecule is CN(C)c1ccc(C(=O)OCC(=O)Nc2ccccc2C(F)(F)F)cc1. The number of esters is 1. The molecule has 26 heavy (non-hydrogen) atoms. The Hall–Kier alpha value is -3.03. The maximum absolute atomic E-state index is 12.9. The van der Waals surface area contributed by atoms with Crippen molar-refractivity contribution in [2.45, 2.75) is 6.18 Å². The highest BCUT2D eigenvalue weighted by molar-refractivity contribution is 5.96. The fourth-order valence-corrected chi connectivity index (χ4v) is 2.14. The molecule has 0 heterocycles. The number of amides is 1. The van der Waals surface area contributed by atoms with E-state index in [2.05, 4.69) is 5.32 Å². The average Bonchev–Trinajstić information content (AvgIpc) is 2.59. The van der Waals surface area contributed by atoms with Crippen molar-refractivity contribution in [2.75, 3.05) is 30.9 Å². The van der Waals surface area contributed by atoms with E-state index in [1.807, 2.05) is 19.0 Å². The van der Waals surface area contributed by atoms with Crippen molar-refractivity contribution >= 4 is 23.3 Å². The van der Waals surface area contributed by atoms with Crippen LogP contribution in [0.2, 0.25) is 0 Å². The van der Waals surface area contributed by atoms with Gasteiger partial charge in [-0.3, -0.25) is 4.79 Å². The molecule has 0 atom stereocenters. The second-order valence-electron chi connectivity index (χ2n) is 5.61. The lowest BCUT2D eigenvalue weighted by Crippen LogP contribution is -2.22. The molecule has 2 aromatic carbocycles. The van der Waals surface area contributed by atoms with E-state index < -0.39 is 35.9 Å². The predicted molar refractivity (Wildman–Crippen MR) is 91.1 cm³/mol. The van der Waals surface area contributed by atoms with Gasteiger partial charge >= 0.3 is 12.1 Å². The fraction of sp³-hybridized carbons (Fsp3) is 0.222. The van der Waals surface area contributed by atoms with Gasteiger partial charge in [0.2, 0.25) is 0 Å². The Morgan fingerprint density at radius 1 is 1.04 bits per heavy atom. The third kappa shape index (κ3) is 4.98. The van der Waals surface area contributed by atoms with Crippen LogP contribution in [0.4, 0.5) is 24.5 Å². The van der Waals surface area contributed by atoms with E-state index in [1.54, 1.807) is 12.1 Å². The number of rotatable bonds is 5. The Morgan fingerprint density at radius 3 is 2.23 bits per heavy atom. The second-order valence-corrected chi connectivity index (χ2v) is 5.61. The number of carbonyl (C=O) groups is 2. The van der Waals surface area contributed by atoms with E-state index in [4.69, 9.17) is 4.74 Å². The molecule has 0 unspecified atom stereocenters. The Labute approximate surface area is 148 Å². The van der Waals surface area contributed by atoms with Crippen LogP contribution in [0.15, 0.2) is 48.5 Å². The number of benzene rings is 2. The third-order valence-electron chi connectivity index (χ3n) is 3.46. The zero-order chi connectivity index (χ0) is 19.3. The van der Waals surface area contributed by atoms with Gasteiger partial charge in [0.25, 0.3) is 5.91 Å². The molecule has 0 saturated carbocycles. The minimum Gasteiger partial charge on any atom is -0.452 e. The molecule has 138 valence electrons. The molecular formula is C18H17F3N2O3. The number of nitrogens with zero attached hydrogens (tertiary/aromatic N) is 1. The summed E-state index contributed by atoms with van der Waals surface area (Å²) in [4.78, 5) is 25.6. The van der Waals surface area contributed by atoms with Crippen molar-refractivity contribution in [3.05, 3.63) is 59.7 Å². The minimum absolute atomic E-state index is 0.235. The van der Waals surface area contributed by atoms with E-state index in [-0.39, 0.29) is 5.56 Å². The third-order valence-corrected chi connectivity index (χ3v) is 3.46. The minimum atomic E-state index is -4.60. The summed E-state index contributed by atoms with van der Waals surface area (Å²) < 4.78 is 43.5. The highest BCUT2D eigenvalue weighted by Crippen LogP contribution is 2.34. The Bertz CT molecular complexity index is 787. The number of carbonyl (C=O) groups excluding carboxylic acids is 2. The molecule has 0 fully saturated rings. The number of ether oxygens (including phenoxy) is 1. The molecule has 5 nitrogen and oxygen atoms in total. The summed E-state index contributed by atoms with van der Waals surface area (Å²) in [5.74, 6) is -1.60. The van der Waals surface area contributed by atoms with Crippen molar-refractivity contribution in [1.82, 2.24) is 0 Å². The fourth-order valence-electron chi connectivity index (χ4n) is 2.14. The number of para-hydroxylation sites is 1. The van der Waals surface area contributed by atoms with Crippen LogP contribution < -0.4 is 10.2 Å². The summed E-state index contributed by atoms with van der Waals surface area (Å²) in [7, 11) is 3.69. The molecule has 0 aliphatic rings. The molecule has 8 heteroatoms. The zero-order valence-corrected chi connectivity index (χ0v) is 14.1. The van der Waals surface area contributed by atoms with Crippen molar-refractivity contribution < 1.29 is 27.5 Å². The number of hydrogen-bond acceptors (Lipinski definition) is 4. The predicted octanol–water partition coefficient (Wildman–Crippen LogP) is 3.57. The van der Waals surface area contributed by atoms with Gasteiger partial charge < -0.3 is 15.0 Å². The van der Waals surface area contributed by atoms with Gasteiger partial charge in [0.05, 0.1) is 16.8 Å². The smallest absolute Gasteiger partial charge is 0.418 e. The summed E-state index contributed by atoms with van der Waals surface area (Å²) in [5, 5.41) is 2.11. The second kappa shape index (κ2) is 7.90. The number of halogens is 3. The van der Waals surface area contributed by atoms with Crippen molar-refractivity contribution in [3.63, 3.8) is 0 Å². The van der Waals surface area contributed by atoms with Crippen LogP contribution in [-0.4, -0.2) is 32.6 Å². The van der Waals surface area contributed by atoms with Crippen LogP contribution in [0.25, 0.3) is 0 Å². The van der Waals surface area contributed by atoms with Gasteiger partial charge in [0.1, 0.15) is 0 Å². The van der Waals surface area contributed by atoms with Crippen LogP contribution >= 0.6 is 0 Å². The number of alkyl halides is 3. The average molecular weight is 366 g/mol. The van der Waals surface area contributed by atoms with Crippen molar-refractivity contribution in [3.8, 4) is 0 Å². The number of anilines is 2. The van der Waals surface area contributed by atoms with E-state index in [0.717, 1.165) is 17.8 Å². The van der Waals surface area contributed by atoms with Gasteiger partial charge in [-0.15, -0.1) is 0 Å². The van der Waals surface area contributed by atoms with Crippen LogP contribution in [0.3, 0.4) is 0 Å². The lowest BCUT2D eigenvalue weighted by Gasteiger charge is -2.14. The first-order chi connectivity index (χ1) is 12.2. The molecule has 1 N–H and O–H groups in total. The van der Waals surface area contributed by atoms with Crippen LogP contribution in [0, 0.1) is 0 Å². The van der Waals surface area contributed by atoms with E-state index in [1.165, 1.54) is 24.3 Å². The zero-order valence-electron chi connectivity index (χ0n) is 14.1. The first-order valence-corrected chi connectivity index (χ1v) is 7.59. The first-order valence-electron chi connectivity index (χ1n) is 7.59. The lowest BCUT2D eigenvalue weighted by atomic mass is 10.1. The largest absolute Gasteiger partial charge is 0.452 e. The summed E-state index contributed by atoms with van der Waals surface area (Å²) in [6.45, 7) is -0.694. The Morgan fingerprint density at radius 2 is 1.65 bits per heavy atom. The molecule has 1 amide bonds. The summed E-state index contributed by atoms with van der Waals surface area (Å²) >= 11 is 0. The molecule has 0 radical (unpaired) electrons. The van der Waals surface area contributed by atoms with Gasteiger partial charge in [0, 0.05) is 19.8 Å². The van der Waals surface area contributed by atoms with Crippen LogP contribution in [0.5, 0.6) is 0 Å². The molecule has 0 aromatic heterocycles. The summed E-state index contributed by atoms with van der Waals surface area (Å²) in [6.07, 6.45) is -4.60. The molecule has 0 bridgehead atoms. The number of nitrogens with one attached hydrogen (secondary N) is 1. The molecular weight excluding hydrogens is 349 g/mol. The van der Waals surface area contributed by atoms with Crippen LogP contribution in [0.1, 0.15) is 15.9 Å². The van der Waals surface area contributed by atoms with E-state index in [9.17, 15) is 22.8 Å². The molecule has 2 rings (SSSR count). The Balaban J connectivity index is 1.96. The normalized spacial score (nSPS) is 11.0. The van der Waals surface area contributed by atoms with Gasteiger partial charge in [-0.25, -0.2) is 4.79 Å². The lowest BCUT2D eigenvalue weighted by molar-refractivity contribution is -0.137. The highest BCUT2D eigenvalue weighted by atomic mass is 19.4. The topological polar surface area (TPSA) is 58.6 Å². The molecule has 0 spiro atoms. The maximum atomic E-state index is 12.9. The van der Waals surface area contributed by atoms with E-state index >= 15 is 0 Å². The van der Waals surface area contributed by atoms with Gasteiger partial charge in [0.15, 0.2) is 6.61 Å². The molecule has 0 saturated heterocycles. The van der Waals surface area contributed by atoms with Crippen molar-refractivity contribution in [1.29, 1.82) is 0 Å². The summed E-state index contributed by atoms with van der Waals surface area (Å²) in [6, 6.07) is 11.0. The standard InChI is InChI=1S/C18H17F3N2O3/c1-23(2)13-9-7-12(8-10-13)17(25)26-11-16(24)22-15-6-4-3-5-14(15)18(19,20)21/h3-10H,11H2,1-2H3,(H,22,24). The first kappa shape index (κ1) is 19.3. The van der Waals surface area contributed by atoms with Crippen molar-refractivity contribution in [2.24, 2.45) is 0 Å². The monoisotopic (exact) mass is 366 g/mol. The number of hydrogen-bond donors (Lipinski definition) is 1. The van der Waals surface area contributed by atoms with Crippen LogP contribution in [-0.2, 0) is 15.7 Å². The molecule has 2 aromatic rings. The Kier molecular flexibility index (Phi) is 5.86. The quantitative estimate of drug-likeness (QED) is 0.822. The van der Waals surface area contributed by atoms with Gasteiger partial charge in [-0.05, 0) is 36.4 Å². The highest BCUT2D eigenvalue weighted by Gasteiger charge is 2.33. The molecule has 0 aliphatic heterocycles.